The van der Waals surface area contributed by atoms with Crippen molar-refractivity contribution in [3.8, 4) is 0 Å². The lowest BCUT2D eigenvalue weighted by Gasteiger charge is -1.95. The van der Waals surface area contributed by atoms with Gasteiger partial charge >= 0.3 is 11.4 Å². The van der Waals surface area contributed by atoms with Gasteiger partial charge in [0.2, 0.25) is 0 Å². The van der Waals surface area contributed by atoms with Gasteiger partial charge in [0.05, 0.1) is 4.92 Å². The molecule has 15 heavy (non-hydrogen) atoms. The maximum atomic E-state index is 10.6. The van der Waals surface area contributed by atoms with Crippen molar-refractivity contribution in [2.75, 3.05) is 0 Å². The third-order valence-corrected chi connectivity index (χ3v) is 2.14. The minimum absolute atomic E-state index is 0.0422. The summed E-state index contributed by atoms with van der Waals surface area (Å²) < 4.78 is 19.6. The smallest absolute Gasteiger partial charge is 0.345 e. The fraction of sp³-hybridized carbons (Fsp3) is 0. The van der Waals surface area contributed by atoms with Crippen LogP contribution in [0, 0.1) is 10.1 Å². The molecule has 78 valence electrons. The number of nitro groups is 1. The van der Waals surface area contributed by atoms with Gasteiger partial charge in [-0.15, -0.1) is 0 Å². The third-order valence-electron chi connectivity index (χ3n) is 1.65. The monoisotopic (exact) mass is 228 g/mol. The Hall–Kier alpha value is -1.96. The van der Waals surface area contributed by atoms with Crippen LogP contribution < -0.4 is 0 Å². The molecule has 1 atom stereocenters. The molecule has 0 radical (unpaired) electrons. The second-order valence-electron chi connectivity index (χ2n) is 2.56. The summed E-state index contributed by atoms with van der Waals surface area (Å²) in [6.07, 6.45) is 0. The number of hydrogen-bond acceptors (Lipinski definition) is 6. The van der Waals surface area contributed by atoms with E-state index in [4.69, 9.17) is 0 Å². The van der Waals surface area contributed by atoms with Crippen LogP contribution in [-0.4, -0.2) is 15.0 Å². The van der Waals surface area contributed by atoms with Gasteiger partial charge in [0, 0.05) is 17.7 Å². The molecule has 0 amide bonds. The van der Waals surface area contributed by atoms with Crippen molar-refractivity contribution in [2.24, 2.45) is 5.16 Å². The van der Waals surface area contributed by atoms with Gasteiger partial charge in [-0.2, -0.15) is 4.21 Å². The predicted molar refractivity (Wildman–Crippen MR) is 49.9 cm³/mol. The molecule has 1 heterocycles. The maximum absolute atomic E-state index is 10.6. The number of oxime groups is 1. The Morgan fingerprint density at radius 1 is 1.33 bits per heavy atom. The highest BCUT2D eigenvalue weighted by Crippen LogP contribution is 2.16. The van der Waals surface area contributed by atoms with Gasteiger partial charge in [-0.25, -0.2) is 0 Å². The second kappa shape index (κ2) is 3.65. The molecule has 0 N–H and O–H groups in total. The van der Waals surface area contributed by atoms with E-state index in [1.165, 1.54) is 24.3 Å². The largest absolute Gasteiger partial charge is 0.441 e. The molecule has 1 unspecified atom stereocenters. The predicted octanol–water partition coefficient (Wildman–Crippen LogP) is 0.882. The van der Waals surface area contributed by atoms with E-state index in [-0.39, 0.29) is 11.6 Å². The summed E-state index contributed by atoms with van der Waals surface area (Å²) in [6.45, 7) is 0. The van der Waals surface area contributed by atoms with E-state index < -0.39 is 16.3 Å². The maximum Gasteiger partial charge on any atom is 0.441 e. The van der Waals surface area contributed by atoms with Crippen LogP contribution in [0.25, 0.3) is 0 Å². The fourth-order valence-electron chi connectivity index (χ4n) is 0.986. The van der Waals surface area contributed by atoms with Crippen molar-refractivity contribution in [3.05, 3.63) is 39.9 Å². The lowest BCUT2D eigenvalue weighted by molar-refractivity contribution is -0.384. The average Bonchev–Trinajstić information content (AvgIpc) is 2.65. The first-order valence-electron chi connectivity index (χ1n) is 3.77. The first-order chi connectivity index (χ1) is 7.16. The second-order valence-corrected chi connectivity index (χ2v) is 3.29. The number of benzene rings is 1. The number of nitro benzene ring substituents is 1. The van der Waals surface area contributed by atoms with Crippen molar-refractivity contribution >= 4 is 22.9 Å². The summed E-state index contributed by atoms with van der Waals surface area (Å²) in [4.78, 5) is 9.84. The van der Waals surface area contributed by atoms with Crippen LogP contribution in [0.2, 0.25) is 0 Å². The molecular weight excluding hydrogens is 224 g/mol. The van der Waals surface area contributed by atoms with Crippen LogP contribution in [0.3, 0.4) is 0 Å². The van der Waals surface area contributed by atoms with E-state index in [9.17, 15) is 14.3 Å². The molecule has 0 bridgehead atoms. The van der Waals surface area contributed by atoms with E-state index in [1.807, 2.05) is 0 Å². The Kier molecular flexibility index (Phi) is 2.34. The molecule has 1 aromatic carbocycles. The molecule has 0 aliphatic carbocycles. The molecule has 0 spiro atoms. The van der Waals surface area contributed by atoms with Gasteiger partial charge in [-0.05, 0) is 17.3 Å². The van der Waals surface area contributed by atoms with Gasteiger partial charge in [0.25, 0.3) is 11.6 Å². The van der Waals surface area contributed by atoms with Gasteiger partial charge in [-0.3, -0.25) is 14.4 Å². The topological polar surface area (TPSA) is 91.0 Å². The molecule has 0 aromatic heterocycles. The Labute approximate surface area is 86.3 Å². The van der Waals surface area contributed by atoms with Crippen molar-refractivity contribution in [1.29, 1.82) is 0 Å². The SMILES string of the molecule is O=[N+]([O-])c1ccc(C2=NOS(=O)O2)cc1. The van der Waals surface area contributed by atoms with Crippen molar-refractivity contribution in [3.63, 3.8) is 0 Å². The zero-order chi connectivity index (χ0) is 10.8. The molecule has 7 nitrogen and oxygen atoms in total. The Bertz CT molecular complexity index is 455. The van der Waals surface area contributed by atoms with Crippen LogP contribution in [0.15, 0.2) is 29.4 Å². The summed E-state index contributed by atoms with van der Waals surface area (Å²) in [6, 6.07) is 5.45. The Balaban J connectivity index is 2.24. The molecule has 2 rings (SSSR count). The lowest BCUT2D eigenvalue weighted by atomic mass is 10.2. The number of non-ortho nitro benzene ring substituents is 1. The first kappa shape index (κ1) is 9.59. The standard InChI is InChI=1S/C7H4N2O5S/c10-9(11)6-3-1-5(2-4-6)7-8-14-15(12)13-7/h1-4H. The van der Waals surface area contributed by atoms with E-state index in [1.54, 1.807) is 0 Å². The summed E-state index contributed by atoms with van der Waals surface area (Å²) in [5, 5.41) is 13.7. The summed E-state index contributed by atoms with van der Waals surface area (Å²) >= 11 is -1.91. The molecule has 1 aliphatic rings. The van der Waals surface area contributed by atoms with E-state index in [0.717, 1.165) is 0 Å². The van der Waals surface area contributed by atoms with Gasteiger partial charge in [0.1, 0.15) is 0 Å². The van der Waals surface area contributed by atoms with Crippen LogP contribution in [-0.2, 0) is 19.8 Å². The Morgan fingerprint density at radius 2 is 2.00 bits per heavy atom. The molecule has 0 fully saturated rings. The molecule has 1 aromatic rings. The zero-order valence-electron chi connectivity index (χ0n) is 7.15. The molecule has 0 saturated carbocycles. The average molecular weight is 228 g/mol. The minimum atomic E-state index is -1.91. The van der Waals surface area contributed by atoms with Crippen LogP contribution in [0.4, 0.5) is 5.69 Å². The summed E-state index contributed by atoms with van der Waals surface area (Å²) in [5.41, 5.74) is 0.422. The molecule has 0 saturated heterocycles. The van der Waals surface area contributed by atoms with E-state index in [2.05, 4.69) is 13.6 Å². The van der Waals surface area contributed by atoms with Crippen molar-refractivity contribution < 1.29 is 17.6 Å². The van der Waals surface area contributed by atoms with Gasteiger partial charge < -0.3 is 4.18 Å². The number of hydrogen-bond donors (Lipinski definition) is 0. The normalized spacial score (nSPS) is 18.9. The zero-order valence-corrected chi connectivity index (χ0v) is 7.97. The van der Waals surface area contributed by atoms with Crippen LogP contribution in [0.1, 0.15) is 5.56 Å². The summed E-state index contributed by atoms with van der Waals surface area (Å²) in [5.74, 6) is 0.0447. The molecule has 1 aliphatic heterocycles. The quantitative estimate of drug-likeness (QED) is 0.553. The van der Waals surface area contributed by atoms with E-state index in [0.29, 0.717) is 5.56 Å². The van der Waals surface area contributed by atoms with E-state index >= 15 is 0 Å². The molecular formula is C7H4N2O5S. The fourth-order valence-corrected chi connectivity index (χ4v) is 1.40. The third kappa shape index (κ3) is 1.94. The summed E-state index contributed by atoms with van der Waals surface area (Å²) in [7, 11) is 0. The Morgan fingerprint density at radius 3 is 2.47 bits per heavy atom. The highest BCUT2D eigenvalue weighted by Gasteiger charge is 2.20. The molecule has 8 heteroatoms. The van der Waals surface area contributed by atoms with Crippen LogP contribution >= 0.6 is 0 Å². The first-order valence-corrected chi connectivity index (χ1v) is 4.77. The minimum Gasteiger partial charge on any atom is -0.345 e. The lowest BCUT2D eigenvalue weighted by Crippen LogP contribution is -2.01. The van der Waals surface area contributed by atoms with Crippen LogP contribution in [0.5, 0.6) is 0 Å². The number of nitrogens with zero attached hydrogens (tertiary/aromatic N) is 2. The number of rotatable bonds is 2. The highest BCUT2D eigenvalue weighted by atomic mass is 32.2. The van der Waals surface area contributed by atoms with Crippen molar-refractivity contribution in [2.45, 2.75) is 0 Å². The van der Waals surface area contributed by atoms with Crippen molar-refractivity contribution in [1.82, 2.24) is 0 Å². The van der Waals surface area contributed by atoms with Gasteiger partial charge in [-0.1, -0.05) is 0 Å². The van der Waals surface area contributed by atoms with Gasteiger partial charge in [0.15, 0.2) is 0 Å². The highest BCUT2D eigenvalue weighted by molar-refractivity contribution is 7.75.